The summed E-state index contributed by atoms with van der Waals surface area (Å²) in [4.78, 5) is 17.9. The number of aryl methyl sites for hydroxylation is 1. The van der Waals surface area contributed by atoms with Gasteiger partial charge in [-0.25, -0.2) is 9.67 Å². The largest absolute Gasteiger partial charge is 0.494 e. The highest BCUT2D eigenvalue weighted by molar-refractivity contribution is 7.17. The lowest BCUT2D eigenvalue weighted by Crippen LogP contribution is -2.25. The summed E-state index contributed by atoms with van der Waals surface area (Å²) in [5, 5.41) is 8.08. The molecule has 0 saturated heterocycles. The van der Waals surface area contributed by atoms with Crippen molar-refractivity contribution in [2.75, 3.05) is 13.2 Å². The van der Waals surface area contributed by atoms with Gasteiger partial charge < -0.3 is 10.1 Å². The predicted octanol–water partition coefficient (Wildman–Crippen LogP) is 4.68. The monoisotopic (exact) mass is 432 g/mol. The molecule has 1 amide bonds. The zero-order chi connectivity index (χ0) is 21.6. The maximum absolute atomic E-state index is 12.7. The van der Waals surface area contributed by atoms with Crippen molar-refractivity contribution in [1.82, 2.24) is 20.1 Å². The Morgan fingerprint density at radius 3 is 2.58 bits per heavy atom. The molecule has 0 radical (unpaired) electrons. The lowest BCUT2D eigenvalue weighted by atomic mass is 10.1. The Kier molecular flexibility index (Phi) is 6.43. The molecule has 4 aromatic rings. The van der Waals surface area contributed by atoms with Gasteiger partial charge in [-0.2, -0.15) is 5.10 Å². The van der Waals surface area contributed by atoms with Gasteiger partial charge >= 0.3 is 0 Å². The van der Waals surface area contributed by atoms with E-state index in [4.69, 9.17) is 4.74 Å². The van der Waals surface area contributed by atoms with E-state index >= 15 is 0 Å². The molecule has 4 rings (SSSR count). The van der Waals surface area contributed by atoms with Crippen LogP contribution in [0.3, 0.4) is 0 Å². The van der Waals surface area contributed by atoms with E-state index in [0.717, 1.165) is 39.7 Å². The Morgan fingerprint density at radius 2 is 1.90 bits per heavy atom. The molecule has 31 heavy (non-hydrogen) atoms. The van der Waals surface area contributed by atoms with Crippen molar-refractivity contribution in [2.45, 2.75) is 20.3 Å². The van der Waals surface area contributed by atoms with Gasteiger partial charge in [0.05, 0.1) is 18.0 Å². The third-order valence-electron chi connectivity index (χ3n) is 4.82. The van der Waals surface area contributed by atoms with Gasteiger partial charge in [0.25, 0.3) is 5.91 Å². The highest BCUT2D eigenvalue weighted by Gasteiger charge is 2.16. The molecule has 0 aliphatic rings. The summed E-state index contributed by atoms with van der Waals surface area (Å²) in [6, 6.07) is 17.9. The van der Waals surface area contributed by atoms with Crippen molar-refractivity contribution in [3.05, 3.63) is 83.1 Å². The van der Waals surface area contributed by atoms with Crippen molar-refractivity contribution in [3.8, 4) is 22.0 Å². The SMILES string of the molecule is CCOc1ccc(-c2nc(C)c(C(=O)NCCc3ccc(-n4cccn4)cc3)s2)cc1. The van der Waals surface area contributed by atoms with E-state index in [1.165, 1.54) is 11.3 Å². The van der Waals surface area contributed by atoms with Crippen molar-refractivity contribution in [2.24, 2.45) is 0 Å². The minimum Gasteiger partial charge on any atom is -0.494 e. The second-order valence-electron chi connectivity index (χ2n) is 7.01. The Labute approximate surface area is 185 Å². The molecular weight excluding hydrogens is 408 g/mol. The van der Waals surface area contributed by atoms with Crippen LogP contribution in [0.1, 0.15) is 27.9 Å². The van der Waals surface area contributed by atoms with Crippen LogP contribution in [0.4, 0.5) is 0 Å². The van der Waals surface area contributed by atoms with Crippen LogP contribution < -0.4 is 10.1 Å². The van der Waals surface area contributed by atoms with E-state index in [1.54, 1.807) is 6.20 Å². The highest BCUT2D eigenvalue weighted by atomic mass is 32.1. The number of benzene rings is 2. The average Bonchev–Trinajstić information content (AvgIpc) is 3.45. The number of amides is 1. The number of nitrogens with one attached hydrogen (secondary N) is 1. The van der Waals surface area contributed by atoms with Gasteiger partial charge in [-0.05, 0) is 68.3 Å². The van der Waals surface area contributed by atoms with Crippen molar-refractivity contribution in [1.29, 1.82) is 0 Å². The highest BCUT2D eigenvalue weighted by Crippen LogP contribution is 2.29. The van der Waals surface area contributed by atoms with Crippen molar-refractivity contribution < 1.29 is 9.53 Å². The molecule has 158 valence electrons. The second kappa shape index (κ2) is 9.57. The topological polar surface area (TPSA) is 69.0 Å². The number of aromatic nitrogens is 3. The van der Waals surface area contributed by atoms with Crippen LogP contribution in [-0.4, -0.2) is 33.8 Å². The Balaban J connectivity index is 1.34. The molecule has 0 bridgehead atoms. The zero-order valence-corrected chi connectivity index (χ0v) is 18.4. The fourth-order valence-corrected chi connectivity index (χ4v) is 4.22. The molecule has 0 atom stereocenters. The summed E-state index contributed by atoms with van der Waals surface area (Å²) in [6.45, 7) is 5.03. The number of carbonyl (C=O) groups excluding carboxylic acids is 1. The molecular formula is C24H24N4O2S. The molecule has 7 heteroatoms. The van der Waals surface area contributed by atoms with Gasteiger partial charge in [0.2, 0.25) is 0 Å². The lowest BCUT2D eigenvalue weighted by Gasteiger charge is -2.06. The number of nitrogens with zero attached hydrogens (tertiary/aromatic N) is 3. The van der Waals surface area contributed by atoms with Gasteiger partial charge in [0.1, 0.15) is 15.6 Å². The van der Waals surface area contributed by atoms with Crippen LogP contribution in [0.5, 0.6) is 5.75 Å². The molecule has 1 N–H and O–H groups in total. The fraction of sp³-hybridized carbons (Fsp3) is 0.208. The van der Waals surface area contributed by atoms with Gasteiger partial charge in [-0.15, -0.1) is 11.3 Å². The molecule has 0 aliphatic carbocycles. The predicted molar refractivity (Wildman–Crippen MR) is 123 cm³/mol. The molecule has 0 aliphatic heterocycles. The number of ether oxygens (including phenoxy) is 1. The van der Waals surface area contributed by atoms with Crippen LogP contribution in [0.2, 0.25) is 0 Å². The third-order valence-corrected chi connectivity index (χ3v) is 6.02. The standard InChI is InChI=1S/C24H24N4O2S/c1-3-30-21-11-7-19(8-12-21)24-27-17(2)22(31-24)23(29)25-15-13-18-5-9-20(10-6-18)28-16-4-14-26-28/h4-12,14,16H,3,13,15H2,1-2H3,(H,25,29). The maximum Gasteiger partial charge on any atom is 0.263 e. The number of carbonyl (C=O) groups is 1. The summed E-state index contributed by atoms with van der Waals surface area (Å²) in [5.74, 6) is 0.746. The molecule has 0 unspecified atom stereocenters. The molecule has 0 fully saturated rings. The average molecular weight is 433 g/mol. The summed E-state index contributed by atoms with van der Waals surface area (Å²) in [7, 11) is 0. The molecule has 2 heterocycles. The van der Waals surface area contributed by atoms with Crippen LogP contribution in [0.25, 0.3) is 16.3 Å². The van der Waals surface area contributed by atoms with Crippen molar-refractivity contribution >= 4 is 17.2 Å². The minimum absolute atomic E-state index is 0.0830. The quantitative estimate of drug-likeness (QED) is 0.439. The number of hydrogen-bond donors (Lipinski definition) is 1. The van der Waals surface area contributed by atoms with E-state index in [0.29, 0.717) is 18.0 Å². The Morgan fingerprint density at radius 1 is 1.13 bits per heavy atom. The molecule has 6 nitrogen and oxygen atoms in total. The zero-order valence-electron chi connectivity index (χ0n) is 17.5. The first kappa shape index (κ1) is 20.8. The fourth-order valence-electron chi connectivity index (χ4n) is 3.23. The van der Waals surface area contributed by atoms with Gasteiger partial charge in [0, 0.05) is 24.5 Å². The van der Waals surface area contributed by atoms with E-state index in [9.17, 15) is 4.79 Å². The second-order valence-corrected chi connectivity index (χ2v) is 8.01. The Hall–Kier alpha value is -3.45. The van der Waals surface area contributed by atoms with E-state index in [1.807, 2.05) is 67.2 Å². The van der Waals surface area contributed by atoms with Crippen LogP contribution in [-0.2, 0) is 6.42 Å². The molecule has 0 saturated carbocycles. The minimum atomic E-state index is -0.0830. The summed E-state index contributed by atoms with van der Waals surface area (Å²) < 4.78 is 7.30. The van der Waals surface area contributed by atoms with E-state index < -0.39 is 0 Å². The van der Waals surface area contributed by atoms with Gasteiger partial charge in [0.15, 0.2) is 0 Å². The van der Waals surface area contributed by atoms with Crippen molar-refractivity contribution in [3.63, 3.8) is 0 Å². The van der Waals surface area contributed by atoms with Crippen LogP contribution in [0.15, 0.2) is 67.0 Å². The van der Waals surface area contributed by atoms with Crippen LogP contribution >= 0.6 is 11.3 Å². The first-order valence-corrected chi connectivity index (χ1v) is 11.0. The number of rotatable bonds is 8. The summed E-state index contributed by atoms with van der Waals surface area (Å²) >= 11 is 1.41. The normalized spacial score (nSPS) is 10.8. The summed E-state index contributed by atoms with van der Waals surface area (Å²) in [5.41, 5.74) is 3.90. The third kappa shape index (κ3) is 5.00. The molecule has 2 aromatic carbocycles. The Bertz CT molecular complexity index is 1130. The number of hydrogen-bond acceptors (Lipinski definition) is 5. The smallest absolute Gasteiger partial charge is 0.263 e. The van der Waals surface area contributed by atoms with Crippen LogP contribution in [0, 0.1) is 6.92 Å². The van der Waals surface area contributed by atoms with Gasteiger partial charge in [-0.1, -0.05) is 12.1 Å². The first-order chi connectivity index (χ1) is 15.1. The molecule has 0 spiro atoms. The van der Waals surface area contributed by atoms with E-state index in [-0.39, 0.29) is 5.91 Å². The van der Waals surface area contributed by atoms with E-state index in [2.05, 4.69) is 27.5 Å². The lowest BCUT2D eigenvalue weighted by molar-refractivity contribution is 0.0957. The maximum atomic E-state index is 12.7. The van der Waals surface area contributed by atoms with Gasteiger partial charge in [-0.3, -0.25) is 4.79 Å². The summed E-state index contributed by atoms with van der Waals surface area (Å²) in [6.07, 6.45) is 4.43. The number of thiazole rings is 1. The first-order valence-electron chi connectivity index (χ1n) is 10.2. The molecule has 2 aromatic heterocycles.